The van der Waals surface area contributed by atoms with E-state index in [0.717, 1.165) is 36.5 Å². The number of ether oxygens (including phenoxy) is 1. The van der Waals surface area contributed by atoms with Crippen LogP contribution in [0.25, 0.3) is 0 Å². The minimum atomic E-state index is -0.665. The van der Waals surface area contributed by atoms with Crippen molar-refractivity contribution in [1.29, 1.82) is 0 Å². The molecule has 5 heteroatoms. The summed E-state index contributed by atoms with van der Waals surface area (Å²) >= 11 is 6.28. The predicted molar refractivity (Wildman–Crippen MR) is 104 cm³/mol. The van der Waals surface area contributed by atoms with Gasteiger partial charge in [0.1, 0.15) is 5.60 Å². The Balaban J connectivity index is 1.24. The van der Waals surface area contributed by atoms with Gasteiger partial charge in [0.25, 0.3) is 0 Å². The molecule has 1 aromatic rings. The Kier molecular flexibility index (Phi) is 3.72. The fourth-order valence-corrected chi connectivity index (χ4v) is 6.44. The third-order valence-electron chi connectivity index (χ3n) is 7.08. The second-order valence-electron chi connectivity index (χ2n) is 9.73. The van der Waals surface area contributed by atoms with Crippen LogP contribution in [0.5, 0.6) is 0 Å². The summed E-state index contributed by atoms with van der Waals surface area (Å²) in [6.45, 7) is 4.23. The summed E-state index contributed by atoms with van der Waals surface area (Å²) in [4.78, 5) is 18.5. The van der Waals surface area contributed by atoms with Gasteiger partial charge in [0.15, 0.2) is 5.60 Å². The number of hydrogen-bond donors (Lipinski definition) is 0. The highest BCUT2D eigenvalue weighted by molar-refractivity contribution is 6.34. The Morgan fingerprint density at radius 2 is 2.11 bits per heavy atom. The molecule has 5 rings (SSSR count). The minimum absolute atomic E-state index is 0.154. The molecule has 0 amide bonds. The third kappa shape index (κ3) is 2.97. The number of carbonyl (C=O) groups excluding carboxylic acids is 1. The summed E-state index contributed by atoms with van der Waals surface area (Å²) in [6.07, 6.45) is 6.57. The van der Waals surface area contributed by atoms with Gasteiger partial charge in [0.2, 0.25) is 0 Å². The molecule has 3 saturated carbocycles. The molecule has 1 aromatic carbocycles. The molecule has 5 unspecified atom stereocenters. The maximum Gasteiger partial charge on any atom is 0.310 e. The molecule has 144 valence electrons. The average Bonchev–Trinajstić information content (AvgIpc) is 2.93. The first-order valence-electron chi connectivity index (χ1n) is 10.0. The Morgan fingerprint density at radius 1 is 1.30 bits per heavy atom. The van der Waals surface area contributed by atoms with Crippen LogP contribution in [-0.2, 0) is 14.4 Å². The van der Waals surface area contributed by atoms with E-state index in [1.165, 1.54) is 12.8 Å². The van der Waals surface area contributed by atoms with Crippen LogP contribution in [-0.4, -0.2) is 22.9 Å². The average molecular weight is 388 g/mol. The van der Waals surface area contributed by atoms with Crippen molar-refractivity contribution in [2.24, 2.45) is 22.4 Å². The number of fused-ring (bicyclic) bond motifs is 1. The molecule has 0 aromatic heterocycles. The summed E-state index contributed by atoms with van der Waals surface area (Å²) in [5.74, 6) is 1.27. The lowest BCUT2D eigenvalue weighted by atomic mass is 9.74. The van der Waals surface area contributed by atoms with Crippen molar-refractivity contribution in [3.05, 3.63) is 34.9 Å². The molecule has 1 spiro atoms. The van der Waals surface area contributed by atoms with Crippen molar-refractivity contribution in [3.8, 4) is 0 Å². The van der Waals surface area contributed by atoms with E-state index in [2.05, 4.69) is 12.1 Å². The van der Waals surface area contributed by atoms with E-state index in [4.69, 9.17) is 21.2 Å². The van der Waals surface area contributed by atoms with E-state index in [9.17, 15) is 4.79 Å². The van der Waals surface area contributed by atoms with Gasteiger partial charge in [-0.2, -0.15) is 0 Å². The molecule has 1 aliphatic heterocycles. The molecule has 1 heterocycles. The molecular formula is C22H26ClNO3. The Hall–Kier alpha value is -1.55. The first kappa shape index (κ1) is 17.5. The lowest BCUT2D eigenvalue weighted by Gasteiger charge is -2.39. The SMILES string of the molecule is CC1CC2(OC(=O)CC3(C)CC(c4ccccc4Cl)=NO3)CC3CC3(C1)C2. The van der Waals surface area contributed by atoms with Crippen molar-refractivity contribution >= 4 is 23.3 Å². The maximum atomic E-state index is 12.8. The van der Waals surface area contributed by atoms with Crippen LogP contribution in [0.15, 0.2) is 29.4 Å². The van der Waals surface area contributed by atoms with Crippen molar-refractivity contribution in [2.45, 2.75) is 70.0 Å². The van der Waals surface area contributed by atoms with Crippen LogP contribution in [0.2, 0.25) is 5.02 Å². The largest absolute Gasteiger partial charge is 0.459 e. The molecule has 4 nitrogen and oxygen atoms in total. The Labute approximate surface area is 165 Å². The van der Waals surface area contributed by atoms with Crippen molar-refractivity contribution in [2.75, 3.05) is 0 Å². The number of hydrogen-bond acceptors (Lipinski definition) is 4. The summed E-state index contributed by atoms with van der Waals surface area (Å²) in [5.41, 5.74) is 1.27. The zero-order chi connectivity index (χ0) is 18.9. The number of nitrogens with zero attached hydrogens (tertiary/aromatic N) is 1. The molecule has 3 aliphatic carbocycles. The number of rotatable bonds is 4. The van der Waals surface area contributed by atoms with Crippen molar-refractivity contribution in [1.82, 2.24) is 0 Å². The molecular weight excluding hydrogens is 362 g/mol. The smallest absolute Gasteiger partial charge is 0.310 e. The monoisotopic (exact) mass is 387 g/mol. The van der Waals surface area contributed by atoms with Gasteiger partial charge in [-0.15, -0.1) is 0 Å². The zero-order valence-corrected chi connectivity index (χ0v) is 16.7. The van der Waals surface area contributed by atoms with E-state index < -0.39 is 5.60 Å². The lowest BCUT2D eigenvalue weighted by molar-refractivity contribution is -0.171. The molecule has 27 heavy (non-hydrogen) atoms. The topological polar surface area (TPSA) is 47.9 Å². The lowest BCUT2D eigenvalue weighted by Crippen LogP contribution is -2.41. The molecule has 0 saturated heterocycles. The zero-order valence-electron chi connectivity index (χ0n) is 16.0. The van der Waals surface area contributed by atoms with E-state index in [1.54, 1.807) is 0 Å². The second kappa shape index (κ2) is 5.73. The normalized spacial score (nSPS) is 41.5. The second-order valence-corrected chi connectivity index (χ2v) is 10.1. The van der Waals surface area contributed by atoms with E-state index in [0.29, 0.717) is 22.8 Å². The Morgan fingerprint density at radius 3 is 2.93 bits per heavy atom. The minimum Gasteiger partial charge on any atom is -0.459 e. The number of benzene rings is 1. The summed E-state index contributed by atoms with van der Waals surface area (Å²) in [7, 11) is 0. The first-order chi connectivity index (χ1) is 12.8. The summed E-state index contributed by atoms with van der Waals surface area (Å²) in [6, 6.07) is 7.59. The van der Waals surface area contributed by atoms with E-state index >= 15 is 0 Å². The number of oxime groups is 1. The van der Waals surface area contributed by atoms with Crippen LogP contribution in [0.4, 0.5) is 0 Å². The standard InChI is InChI=1S/C22H26ClNO3/c1-14-7-21-9-15(21)10-22(8-14,13-21)26-19(25)12-20(2)11-18(24-27-20)16-5-3-4-6-17(16)23/h3-6,14-15H,7-13H2,1-2H3. The maximum absolute atomic E-state index is 12.8. The van der Waals surface area contributed by atoms with Gasteiger partial charge in [-0.3, -0.25) is 4.79 Å². The molecule has 2 bridgehead atoms. The third-order valence-corrected chi connectivity index (χ3v) is 7.41. The highest BCUT2D eigenvalue weighted by Crippen LogP contribution is 2.74. The highest BCUT2D eigenvalue weighted by Gasteiger charge is 2.69. The van der Waals surface area contributed by atoms with Gasteiger partial charge in [-0.25, -0.2) is 0 Å². The number of halogens is 1. The van der Waals surface area contributed by atoms with Gasteiger partial charge < -0.3 is 9.57 Å². The summed E-state index contributed by atoms with van der Waals surface area (Å²) in [5, 5.41) is 4.87. The van der Waals surface area contributed by atoms with Gasteiger partial charge in [-0.1, -0.05) is 41.9 Å². The van der Waals surface area contributed by atoms with Gasteiger partial charge in [-0.05, 0) is 62.3 Å². The molecule has 0 radical (unpaired) electrons. The van der Waals surface area contributed by atoms with E-state index in [1.807, 2.05) is 31.2 Å². The van der Waals surface area contributed by atoms with Crippen molar-refractivity contribution in [3.63, 3.8) is 0 Å². The van der Waals surface area contributed by atoms with E-state index in [-0.39, 0.29) is 18.0 Å². The van der Waals surface area contributed by atoms with Gasteiger partial charge >= 0.3 is 5.97 Å². The Bertz CT molecular complexity index is 835. The fraction of sp³-hybridized carbons (Fsp3) is 0.636. The molecule has 5 atom stereocenters. The fourth-order valence-electron chi connectivity index (χ4n) is 6.20. The van der Waals surface area contributed by atoms with Crippen LogP contribution >= 0.6 is 11.6 Å². The highest BCUT2D eigenvalue weighted by atomic mass is 35.5. The van der Waals surface area contributed by atoms with Crippen LogP contribution in [0.3, 0.4) is 0 Å². The summed E-state index contributed by atoms with van der Waals surface area (Å²) < 4.78 is 6.13. The first-order valence-corrected chi connectivity index (χ1v) is 10.4. The van der Waals surface area contributed by atoms with Gasteiger partial charge in [0, 0.05) is 17.0 Å². The predicted octanol–water partition coefficient (Wildman–Crippen LogP) is 5.13. The molecule has 0 N–H and O–H groups in total. The molecule has 3 fully saturated rings. The van der Waals surface area contributed by atoms with Crippen LogP contribution in [0, 0.1) is 17.3 Å². The quantitative estimate of drug-likeness (QED) is 0.673. The van der Waals surface area contributed by atoms with Crippen LogP contribution in [0.1, 0.15) is 64.4 Å². The number of carbonyl (C=O) groups is 1. The number of esters is 1. The molecule has 4 aliphatic rings. The van der Waals surface area contributed by atoms with Crippen molar-refractivity contribution < 1.29 is 14.4 Å². The van der Waals surface area contributed by atoms with Gasteiger partial charge in [0.05, 0.1) is 12.1 Å². The van der Waals surface area contributed by atoms with Crippen LogP contribution < -0.4 is 0 Å².